The monoisotopic (exact) mass is 151 g/mol. The predicted molar refractivity (Wildman–Crippen MR) is 34.2 cm³/mol. The first kappa shape index (κ1) is 9.20. The number of hydrogen-bond acceptors (Lipinski definition) is 1. The lowest BCUT2D eigenvalue weighted by atomic mass is 10.3. The number of halogens is 3. The molecular formula is C6H8F3N. The molecule has 0 heterocycles. The second-order valence-electron chi connectivity index (χ2n) is 1.56. The standard InChI is InChI=1S/C6H8F3N/c1-3-5(10-4-2)6(7,8)9/h3H,1,4H2,2H3. The van der Waals surface area contributed by atoms with Crippen LogP contribution in [0, 0.1) is 0 Å². The minimum Gasteiger partial charge on any atom is -0.281 e. The van der Waals surface area contributed by atoms with Crippen molar-refractivity contribution in [3.63, 3.8) is 0 Å². The molecule has 0 radical (unpaired) electrons. The molecular weight excluding hydrogens is 143 g/mol. The van der Waals surface area contributed by atoms with E-state index in [-0.39, 0.29) is 6.54 Å². The summed E-state index contributed by atoms with van der Waals surface area (Å²) in [5.74, 6) is 0. The summed E-state index contributed by atoms with van der Waals surface area (Å²) in [6.45, 7) is 4.66. The Kier molecular flexibility index (Phi) is 3.12. The van der Waals surface area contributed by atoms with E-state index < -0.39 is 11.9 Å². The summed E-state index contributed by atoms with van der Waals surface area (Å²) < 4.78 is 35.1. The molecule has 0 fully saturated rings. The van der Waals surface area contributed by atoms with E-state index >= 15 is 0 Å². The van der Waals surface area contributed by atoms with Gasteiger partial charge in [0.25, 0.3) is 0 Å². The molecule has 0 amide bonds. The van der Waals surface area contributed by atoms with Crippen LogP contribution in [0.15, 0.2) is 17.6 Å². The number of alkyl halides is 3. The summed E-state index contributed by atoms with van der Waals surface area (Å²) >= 11 is 0. The lowest BCUT2D eigenvalue weighted by molar-refractivity contribution is -0.0578. The number of aliphatic imine (C=N–C) groups is 1. The summed E-state index contributed by atoms with van der Waals surface area (Å²) in [6, 6.07) is 0. The van der Waals surface area contributed by atoms with Crippen molar-refractivity contribution in [2.24, 2.45) is 4.99 Å². The molecule has 0 aliphatic heterocycles. The highest BCUT2D eigenvalue weighted by molar-refractivity contribution is 5.98. The molecule has 0 aliphatic rings. The van der Waals surface area contributed by atoms with Crippen LogP contribution in [0.4, 0.5) is 13.2 Å². The summed E-state index contributed by atoms with van der Waals surface area (Å²) in [6.07, 6.45) is -3.64. The van der Waals surface area contributed by atoms with Crippen LogP contribution in [0.1, 0.15) is 6.92 Å². The molecule has 0 aromatic rings. The Labute approximate surface area is 57.3 Å². The Morgan fingerprint density at radius 2 is 2.10 bits per heavy atom. The first-order chi connectivity index (χ1) is 4.52. The Balaban J connectivity index is 4.36. The Bertz CT molecular complexity index is 146. The first-order valence-corrected chi connectivity index (χ1v) is 2.76. The molecule has 0 bridgehead atoms. The maximum absolute atomic E-state index is 11.7. The van der Waals surface area contributed by atoms with Crippen molar-refractivity contribution in [1.29, 1.82) is 0 Å². The lowest BCUT2D eigenvalue weighted by Gasteiger charge is -2.04. The average Bonchev–Trinajstić information content (AvgIpc) is 1.80. The maximum atomic E-state index is 11.7. The number of allylic oxidation sites excluding steroid dienone is 1. The van der Waals surface area contributed by atoms with E-state index in [1.165, 1.54) is 6.92 Å². The van der Waals surface area contributed by atoms with Crippen LogP contribution in [-0.2, 0) is 0 Å². The highest BCUT2D eigenvalue weighted by atomic mass is 19.4. The van der Waals surface area contributed by atoms with E-state index in [9.17, 15) is 13.2 Å². The van der Waals surface area contributed by atoms with Crippen molar-refractivity contribution in [3.8, 4) is 0 Å². The Morgan fingerprint density at radius 3 is 2.20 bits per heavy atom. The van der Waals surface area contributed by atoms with E-state index in [0.29, 0.717) is 6.08 Å². The minimum absolute atomic E-state index is 0.126. The van der Waals surface area contributed by atoms with Crippen molar-refractivity contribution >= 4 is 5.71 Å². The lowest BCUT2D eigenvalue weighted by Crippen LogP contribution is -2.20. The normalized spacial score (nSPS) is 13.4. The second kappa shape index (κ2) is 3.39. The van der Waals surface area contributed by atoms with Gasteiger partial charge in [-0.25, -0.2) is 0 Å². The SMILES string of the molecule is C=CC(=NCC)C(F)(F)F. The van der Waals surface area contributed by atoms with Crippen LogP contribution in [0.2, 0.25) is 0 Å². The molecule has 0 rings (SSSR count). The first-order valence-electron chi connectivity index (χ1n) is 2.76. The number of nitrogens with zero attached hydrogens (tertiary/aromatic N) is 1. The predicted octanol–water partition coefficient (Wildman–Crippen LogP) is 2.20. The van der Waals surface area contributed by atoms with Gasteiger partial charge in [0, 0.05) is 6.54 Å². The fraction of sp³-hybridized carbons (Fsp3) is 0.500. The molecule has 4 heteroatoms. The quantitative estimate of drug-likeness (QED) is 0.536. The van der Waals surface area contributed by atoms with Crippen LogP contribution >= 0.6 is 0 Å². The zero-order valence-electron chi connectivity index (χ0n) is 5.57. The molecule has 0 aromatic heterocycles. The fourth-order valence-electron chi connectivity index (χ4n) is 0.440. The van der Waals surface area contributed by atoms with Gasteiger partial charge in [0.1, 0.15) is 5.71 Å². The Morgan fingerprint density at radius 1 is 1.60 bits per heavy atom. The van der Waals surface area contributed by atoms with Crippen molar-refractivity contribution in [1.82, 2.24) is 0 Å². The van der Waals surface area contributed by atoms with Crippen molar-refractivity contribution < 1.29 is 13.2 Å². The molecule has 0 unspecified atom stereocenters. The van der Waals surface area contributed by atoms with E-state index in [0.717, 1.165) is 0 Å². The summed E-state index contributed by atoms with van der Waals surface area (Å²) in [5, 5.41) is 0. The number of hydrogen-bond donors (Lipinski definition) is 0. The van der Waals surface area contributed by atoms with Gasteiger partial charge in [0.2, 0.25) is 0 Å². The third-order valence-electron chi connectivity index (χ3n) is 0.812. The van der Waals surface area contributed by atoms with E-state index in [1.54, 1.807) is 0 Å². The van der Waals surface area contributed by atoms with Crippen LogP contribution in [0.3, 0.4) is 0 Å². The summed E-state index contributed by atoms with van der Waals surface area (Å²) in [4.78, 5) is 3.19. The van der Waals surface area contributed by atoms with Crippen LogP contribution in [0.5, 0.6) is 0 Å². The van der Waals surface area contributed by atoms with Gasteiger partial charge in [-0.1, -0.05) is 6.58 Å². The zero-order valence-corrected chi connectivity index (χ0v) is 5.57. The van der Waals surface area contributed by atoms with Crippen LogP contribution in [0.25, 0.3) is 0 Å². The Hall–Kier alpha value is -0.800. The van der Waals surface area contributed by atoms with E-state index in [1.807, 2.05) is 0 Å². The maximum Gasteiger partial charge on any atom is 0.432 e. The van der Waals surface area contributed by atoms with Crippen molar-refractivity contribution in [2.45, 2.75) is 13.1 Å². The molecule has 0 aromatic carbocycles. The van der Waals surface area contributed by atoms with E-state index in [4.69, 9.17) is 0 Å². The van der Waals surface area contributed by atoms with Gasteiger partial charge in [0.15, 0.2) is 0 Å². The van der Waals surface area contributed by atoms with Gasteiger partial charge in [-0.15, -0.1) is 0 Å². The molecule has 0 spiro atoms. The molecule has 1 nitrogen and oxygen atoms in total. The highest BCUT2D eigenvalue weighted by Gasteiger charge is 2.32. The van der Waals surface area contributed by atoms with Gasteiger partial charge in [-0.3, -0.25) is 4.99 Å². The van der Waals surface area contributed by atoms with Gasteiger partial charge >= 0.3 is 6.18 Å². The zero-order chi connectivity index (χ0) is 8.20. The van der Waals surface area contributed by atoms with Gasteiger partial charge in [-0.05, 0) is 13.0 Å². The third kappa shape index (κ3) is 2.66. The van der Waals surface area contributed by atoms with Crippen molar-refractivity contribution in [2.75, 3.05) is 6.54 Å². The fourth-order valence-corrected chi connectivity index (χ4v) is 0.440. The molecule has 0 saturated carbocycles. The molecule has 0 N–H and O–H groups in total. The third-order valence-corrected chi connectivity index (χ3v) is 0.812. The summed E-state index contributed by atoms with van der Waals surface area (Å²) in [7, 11) is 0. The van der Waals surface area contributed by atoms with Gasteiger partial charge in [-0.2, -0.15) is 13.2 Å². The summed E-state index contributed by atoms with van der Waals surface area (Å²) in [5.41, 5.74) is -0.907. The van der Waals surface area contributed by atoms with Gasteiger partial charge < -0.3 is 0 Å². The van der Waals surface area contributed by atoms with Crippen LogP contribution in [-0.4, -0.2) is 18.4 Å². The van der Waals surface area contributed by atoms with E-state index in [2.05, 4.69) is 11.6 Å². The average molecular weight is 151 g/mol. The van der Waals surface area contributed by atoms with Crippen molar-refractivity contribution in [3.05, 3.63) is 12.7 Å². The topological polar surface area (TPSA) is 12.4 Å². The molecule has 58 valence electrons. The number of rotatable bonds is 2. The molecule has 0 atom stereocenters. The molecule has 10 heavy (non-hydrogen) atoms. The highest BCUT2D eigenvalue weighted by Crippen LogP contribution is 2.17. The van der Waals surface area contributed by atoms with Crippen LogP contribution < -0.4 is 0 Å². The largest absolute Gasteiger partial charge is 0.432 e. The molecule has 0 aliphatic carbocycles. The smallest absolute Gasteiger partial charge is 0.281 e. The van der Waals surface area contributed by atoms with Gasteiger partial charge in [0.05, 0.1) is 0 Å². The minimum atomic E-state index is -4.35. The second-order valence-corrected chi connectivity index (χ2v) is 1.56. The molecule has 0 saturated heterocycles.